The van der Waals surface area contributed by atoms with Crippen LogP contribution >= 0.6 is 11.6 Å². The molecule has 86 valence electrons. The fourth-order valence-electron chi connectivity index (χ4n) is 1.58. The Morgan fingerprint density at radius 2 is 1.56 bits per heavy atom. The largest absolute Gasteiger partial charge is 0.0837 e. The topological polar surface area (TPSA) is 0 Å². The summed E-state index contributed by atoms with van der Waals surface area (Å²) >= 11 is 6.08. The van der Waals surface area contributed by atoms with Gasteiger partial charge in [-0.3, -0.25) is 0 Å². The average molecular weight is 235 g/mol. The van der Waals surface area contributed by atoms with Crippen LogP contribution in [0.15, 0.2) is 30.3 Å². The van der Waals surface area contributed by atoms with Crippen LogP contribution in [0.5, 0.6) is 0 Å². The second-order valence-corrected chi connectivity index (χ2v) is 4.46. The highest BCUT2D eigenvalue weighted by Crippen LogP contribution is 2.27. The molecule has 0 aromatic heterocycles. The number of aryl methyl sites for hydroxylation is 2. The molecule has 0 N–H and O–H groups in total. The van der Waals surface area contributed by atoms with E-state index in [9.17, 15) is 0 Å². The van der Waals surface area contributed by atoms with E-state index >= 15 is 0 Å². The molecule has 0 atom stereocenters. The molecule has 0 spiro atoms. The number of hydrogen-bond donors (Lipinski definition) is 0. The highest BCUT2D eigenvalue weighted by Gasteiger charge is 2.01. The van der Waals surface area contributed by atoms with E-state index in [2.05, 4.69) is 45.9 Å². The molecule has 0 heterocycles. The molecule has 1 heteroatoms. The van der Waals surface area contributed by atoms with Gasteiger partial charge in [-0.25, -0.2) is 0 Å². The summed E-state index contributed by atoms with van der Waals surface area (Å²) in [6.07, 6.45) is 1.25. The van der Waals surface area contributed by atoms with E-state index in [4.69, 9.17) is 11.6 Å². The van der Waals surface area contributed by atoms with Gasteiger partial charge in [-0.1, -0.05) is 56.1 Å². The molecule has 2 aromatic rings. The van der Waals surface area contributed by atoms with Gasteiger partial charge >= 0.3 is 0 Å². The first-order chi connectivity index (χ1) is 7.61. The molecular weight excluding hydrogens is 216 g/mol. The molecule has 16 heavy (non-hydrogen) atoms. The van der Waals surface area contributed by atoms with Crippen molar-refractivity contribution in [2.24, 2.45) is 0 Å². The number of benzene rings is 2. The van der Waals surface area contributed by atoms with Crippen molar-refractivity contribution in [3.8, 4) is 0 Å². The second-order valence-electron chi connectivity index (χ2n) is 4.05. The summed E-state index contributed by atoms with van der Waals surface area (Å²) in [6, 6.07) is 10.2. The second kappa shape index (κ2) is 5.91. The summed E-state index contributed by atoms with van der Waals surface area (Å²) in [5, 5.41) is 3.24. The van der Waals surface area contributed by atoms with Crippen molar-refractivity contribution in [3.05, 3.63) is 46.5 Å². The third-order valence-electron chi connectivity index (χ3n) is 2.55. The van der Waals surface area contributed by atoms with Crippen molar-refractivity contribution in [1.29, 1.82) is 0 Å². The fraction of sp³-hybridized carbons (Fsp3) is 0.333. The predicted octanol–water partition coefficient (Wildman–Crippen LogP) is 5.53. The van der Waals surface area contributed by atoms with E-state index in [1.807, 2.05) is 12.1 Å². The SMILES string of the molecule is CCC.Cc1ccc2c(Cl)cccc2c1C. The molecule has 0 aliphatic heterocycles. The number of fused-ring (bicyclic) bond motifs is 1. The molecule has 0 saturated heterocycles. The first-order valence-corrected chi connectivity index (χ1v) is 6.14. The van der Waals surface area contributed by atoms with Gasteiger partial charge in [0.15, 0.2) is 0 Å². The zero-order valence-corrected chi connectivity index (χ0v) is 11.2. The number of rotatable bonds is 0. The Morgan fingerprint density at radius 3 is 2.19 bits per heavy atom. The Hall–Kier alpha value is -1.01. The van der Waals surface area contributed by atoms with Gasteiger partial charge in [-0.2, -0.15) is 0 Å². The Morgan fingerprint density at radius 1 is 0.938 bits per heavy atom. The Labute approximate surface area is 103 Å². The standard InChI is InChI=1S/C12H11Cl.C3H8/c1-8-6-7-11-10(9(8)2)4-3-5-12(11)13;1-3-2/h3-7H,1-2H3;3H2,1-2H3. The third-order valence-corrected chi connectivity index (χ3v) is 2.88. The van der Waals surface area contributed by atoms with E-state index in [-0.39, 0.29) is 0 Å². The van der Waals surface area contributed by atoms with Gasteiger partial charge in [0.1, 0.15) is 0 Å². The third kappa shape index (κ3) is 2.76. The van der Waals surface area contributed by atoms with Gasteiger partial charge in [0.25, 0.3) is 0 Å². The van der Waals surface area contributed by atoms with Crippen LogP contribution in [0.3, 0.4) is 0 Å². The van der Waals surface area contributed by atoms with E-state index in [0.717, 1.165) is 10.4 Å². The summed E-state index contributed by atoms with van der Waals surface area (Å²) in [7, 11) is 0. The van der Waals surface area contributed by atoms with E-state index in [0.29, 0.717) is 0 Å². The van der Waals surface area contributed by atoms with Gasteiger partial charge in [0.2, 0.25) is 0 Å². The minimum atomic E-state index is 0.834. The summed E-state index contributed by atoms with van der Waals surface area (Å²) in [6.45, 7) is 8.50. The first kappa shape index (κ1) is 13.1. The molecule has 0 aliphatic rings. The zero-order valence-electron chi connectivity index (χ0n) is 10.5. The van der Waals surface area contributed by atoms with Crippen molar-refractivity contribution in [2.45, 2.75) is 34.1 Å². The van der Waals surface area contributed by atoms with Gasteiger partial charge < -0.3 is 0 Å². The lowest BCUT2D eigenvalue weighted by Gasteiger charge is -2.06. The lowest BCUT2D eigenvalue weighted by Crippen LogP contribution is -1.83. The highest BCUT2D eigenvalue weighted by molar-refractivity contribution is 6.35. The van der Waals surface area contributed by atoms with Crippen LogP contribution in [-0.2, 0) is 0 Å². The normalized spacial score (nSPS) is 9.81. The molecule has 2 aromatic carbocycles. The molecule has 0 radical (unpaired) electrons. The lowest BCUT2D eigenvalue weighted by atomic mass is 10.0. The minimum absolute atomic E-state index is 0.834. The molecule has 0 aliphatic carbocycles. The maximum Gasteiger partial charge on any atom is 0.0484 e. The number of halogens is 1. The molecule has 0 unspecified atom stereocenters. The highest BCUT2D eigenvalue weighted by atomic mass is 35.5. The Kier molecular flexibility index (Phi) is 4.82. The summed E-state index contributed by atoms with van der Waals surface area (Å²) in [4.78, 5) is 0. The molecule has 0 amide bonds. The van der Waals surface area contributed by atoms with Crippen LogP contribution in [-0.4, -0.2) is 0 Å². The molecule has 0 saturated carbocycles. The fourth-order valence-corrected chi connectivity index (χ4v) is 1.82. The van der Waals surface area contributed by atoms with Crippen LogP contribution in [0, 0.1) is 13.8 Å². The van der Waals surface area contributed by atoms with Gasteiger partial charge in [-0.15, -0.1) is 0 Å². The summed E-state index contributed by atoms with van der Waals surface area (Å²) in [5.41, 5.74) is 2.63. The first-order valence-electron chi connectivity index (χ1n) is 5.76. The van der Waals surface area contributed by atoms with E-state index < -0.39 is 0 Å². The van der Waals surface area contributed by atoms with Gasteiger partial charge in [0, 0.05) is 10.4 Å². The molecule has 0 nitrogen and oxygen atoms in total. The molecular formula is C15H19Cl. The Balaban J connectivity index is 0.000000386. The number of hydrogen-bond acceptors (Lipinski definition) is 0. The van der Waals surface area contributed by atoms with Crippen LogP contribution in [0.25, 0.3) is 10.8 Å². The molecule has 2 rings (SSSR count). The van der Waals surface area contributed by atoms with Gasteiger partial charge in [-0.05, 0) is 36.4 Å². The molecule has 0 bridgehead atoms. The maximum atomic E-state index is 6.08. The molecule has 0 fully saturated rings. The summed E-state index contributed by atoms with van der Waals surface area (Å²) in [5.74, 6) is 0. The van der Waals surface area contributed by atoms with Crippen molar-refractivity contribution in [2.75, 3.05) is 0 Å². The average Bonchev–Trinajstić information content (AvgIpc) is 2.25. The van der Waals surface area contributed by atoms with Crippen molar-refractivity contribution in [1.82, 2.24) is 0 Å². The van der Waals surface area contributed by atoms with Gasteiger partial charge in [0.05, 0.1) is 0 Å². The van der Waals surface area contributed by atoms with Crippen LogP contribution in [0.2, 0.25) is 5.02 Å². The quantitative estimate of drug-likeness (QED) is 0.563. The van der Waals surface area contributed by atoms with Crippen molar-refractivity contribution >= 4 is 22.4 Å². The Bertz CT molecular complexity index is 472. The predicted molar refractivity (Wildman–Crippen MR) is 74.4 cm³/mol. The minimum Gasteiger partial charge on any atom is -0.0837 e. The van der Waals surface area contributed by atoms with Crippen LogP contribution in [0.4, 0.5) is 0 Å². The van der Waals surface area contributed by atoms with Crippen molar-refractivity contribution in [3.63, 3.8) is 0 Å². The zero-order chi connectivity index (χ0) is 12.1. The smallest absolute Gasteiger partial charge is 0.0484 e. The summed E-state index contributed by atoms with van der Waals surface area (Å²) < 4.78 is 0. The lowest BCUT2D eigenvalue weighted by molar-refractivity contribution is 1.09. The van der Waals surface area contributed by atoms with Crippen molar-refractivity contribution < 1.29 is 0 Å². The van der Waals surface area contributed by atoms with E-state index in [1.165, 1.54) is 22.9 Å². The monoisotopic (exact) mass is 234 g/mol. The maximum absolute atomic E-state index is 6.08. The van der Waals surface area contributed by atoms with Crippen LogP contribution in [0.1, 0.15) is 31.4 Å². The van der Waals surface area contributed by atoms with E-state index in [1.54, 1.807) is 0 Å². The van der Waals surface area contributed by atoms with Crippen LogP contribution < -0.4 is 0 Å².